The lowest BCUT2D eigenvalue weighted by Crippen LogP contribution is -2.10. The molecule has 21 aromatic carbocycles. The summed E-state index contributed by atoms with van der Waals surface area (Å²) in [7, 11) is 0. The quantitative estimate of drug-likeness (QED) is 0.0603. The molecule has 0 bridgehead atoms. The molecule has 0 saturated carbocycles. The highest BCUT2D eigenvalue weighted by atomic mass is 32.1. The molecule has 0 radical (unpaired) electrons. The molecule has 0 spiro atoms. The first-order valence-electron chi connectivity index (χ1n) is 50.2. The van der Waals surface area contributed by atoms with Gasteiger partial charge in [0.1, 0.15) is 0 Å². The topological polar surface area (TPSA) is 27.8 Å². The van der Waals surface area contributed by atoms with Gasteiger partial charge in [-0.05, 0) is 322 Å². The minimum Gasteiger partial charge on any atom is -0.311 e. The van der Waals surface area contributed by atoms with Crippen molar-refractivity contribution in [3.8, 4) is 113 Å². The standard InChI is InChI=1S/C138H93N7S3/c1-7-25-100(26-8-1)133-85-88-136(146-133)103-55-73-115(74-56-103)140(118-79-82-130-124(91-118)121-37-19-22-40-127(121)143(130)106-31-13-4-14-32-106)112-67-49-97(50-68-112)94-43-61-109(62-44-94)139(110-63-45-95(46-64-110)98-51-69-113(70-52-98)141(116-75-57-104(58-76-116)137-89-86-134(147-137)101-27-9-2-10-28-101)119-80-83-131-125(92-119)122-38-20-23-41-128(122)144(131)107-33-15-5-16-34-107)111-65-47-96(48-66-111)99-53-71-114(72-54-99)142(117-77-59-105(60-78-117)138-90-87-135(148-138)102-29-11-3-12-30-102)120-81-84-132-126(93-120)123-39-21-24-42-129(123)145(132)108-35-17-6-18-36-108/h1-93H. The van der Waals surface area contributed by atoms with E-state index in [-0.39, 0.29) is 0 Å². The van der Waals surface area contributed by atoms with E-state index in [0.717, 1.165) is 135 Å². The third-order valence-corrected chi connectivity index (χ3v) is 32.3. The van der Waals surface area contributed by atoms with E-state index in [1.807, 2.05) is 34.0 Å². The Kier molecular flexibility index (Phi) is 22.8. The van der Waals surface area contributed by atoms with Crippen LogP contribution in [0.4, 0.5) is 68.2 Å². The number of nitrogens with zero attached hydrogens (tertiary/aromatic N) is 7. The second kappa shape index (κ2) is 38.2. The summed E-state index contributed by atoms with van der Waals surface area (Å²) in [5.41, 5.74) is 36.9. The monoisotopic (exact) mass is 1940 g/mol. The molecule has 0 saturated heterocycles. The molecule has 0 unspecified atom stereocenters. The maximum absolute atomic E-state index is 2.40. The van der Waals surface area contributed by atoms with Crippen LogP contribution < -0.4 is 19.6 Å². The van der Waals surface area contributed by atoms with Gasteiger partial charge in [0.05, 0.1) is 33.1 Å². The number of aromatic nitrogens is 3. The van der Waals surface area contributed by atoms with Gasteiger partial charge in [-0.25, -0.2) is 0 Å². The Hall–Kier alpha value is -18.7. The fourth-order valence-electron chi connectivity index (χ4n) is 21.5. The van der Waals surface area contributed by atoms with Gasteiger partial charge in [-0.3, -0.25) is 0 Å². The third-order valence-electron chi connectivity index (χ3n) is 28.8. The fraction of sp³-hybridized carbons (Fsp3) is 0. The average molecular weight is 1950 g/mol. The first-order valence-corrected chi connectivity index (χ1v) is 52.7. The summed E-state index contributed by atoms with van der Waals surface area (Å²) < 4.78 is 7.16. The molecule has 0 fully saturated rings. The Morgan fingerprint density at radius 1 is 0.115 bits per heavy atom. The maximum atomic E-state index is 2.40. The molecular weight excluding hydrogens is 1850 g/mol. The Balaban J connectivity index is 0.534. The van der Waals surface area contributed by atoms with E-state index in [2.05, 4.69) is 597 Å². The molecule has 0 amide bonds. The van der Waals surface area contributed by atoms with E-state index >= 15 is 0 Å². The van der Waals surface area contributed by atoms with Crippen molar-refractivity contribution in [3.05, 3.63) is 564 Å². The Morgan fingerprint density at radius 3 is 0.480 bits per heavy atom. The first kappa shape index (κ1) is 88.3. The summed E-state index contributed by atoms with van der Waals surface area (Å²) in [6, 6.07) is 207. The lowest BCUT2D eigenvalue weighted by atomic mass is 10.0. The van der Waals surface area contributed by atoms with Gasteiger partial charge in [-0.2, -0.15) is 0 Å². The number of hydrogen-bond donors (Lipinski definition) is 0. The van der Waals surface area contributed by atoms with Gasteiger partial charge in [0, 0.05) is 147 Å². The minimum atomic E-state index is 1.03. The Labute approximate surface area is 871 Å². The number of benzene rings is 21. The van der Waals surface area contributed by atoms with E-state index < -0.39 is 0 Å². The molecule has 0 N–H and O–H groups in total. The van der Waals surface area contributed by atoms with Crippen LogP contribution in [0.5, 0.6) is 0 Å². The predicted molar refractivity (Wildman–Crippen MR) is 631 cm³/mol. The lowest BCUT2D eigenvalue weighted by Gasteiger charge is -2.27. The largest absolute Gasteiger partial charge is 0.311 e. The second-order valence-corrected chi connectivity index (χ2v) is 40.8. The second-order valence-electron chi connectivity index (χ2n) is 37.5. The SMILES string of the molecule is c1ccc(-c2ccc(-c3ccc(N(c4ccc(-c5ccc(N(c6ccc(-c7ccc(N(c8ccc(-c9ccc(-c%10ccccc%10)s9)cc8)c8ccc9c(c8)c8ccccc8n9-c8ccccc8)cc7)cc6)c6ccc(-c7ccc(N(c8ccc(-c9ccc(-c%10ccccc%10)s9)cc8)c8ccc9c(c8)c8ccccc8n9-c8ccccc8)cc7)cc6)cc5)cc4)c4ccc5c(c4)c4ccccc4n5-c4ccccc4)cc3)s2)cc1. The number of hydrogen-bond acceptors (Lipinski definition) is 7. The minimum absolute atomic E-state index is 1.03. The smallest absolute Gasteiger partial charge is 0.0542 e. The third kappa shape index (κ3) is 16.6. The molecule has 27 rings (SSSR count). The van der Waals surface area contributed by atoms with Crippen molar-refractivity contribution in [1.29, 1.82) is 0 Å². The number of thiophene rings is 3. The van der Waals surface area contributed by atoms with Crippen molar-refractivity contribution in [1.82, 2.24) is 13.7 Å². The zero-order chi connectivity index (χ0) is 97.9. The van der Waals surface area contributed by atoms with E-state index in [0.29, 0.717) is 0 Å². The van der Waals surface area contributed by atoms with Gasteiger partial charge in [0.25, 0.3) is 0 Å². The summed E-state index contributed by atoms with van der Waals surface area (Å²) in [6.07, 6.45) is 0. The molecule has 6 heterocycles. The molecule has 7 nitrogen and oxygen atoms in total. The summed E-state index contributed by atoms with van der Waals surface area (Å²) in [5, 5.41) is 7.17. The van der Waals surface area contributed by atoms with Gasteiger partial charge >= 0.3 is 0 Å². The van der Waals surface area contributed by atoms with Crippen LogP contribution in [-0.2, 0) is 0 Å². The maximum Gasteiger partial charge on any atom is 0.0542 e. The average Bonchev–Trinajstić information content (AvgIpc) is 1.59. The van der Waals surface area contributed by atoms with Gasteiger partial charge in [0.2, 0.25) is 0 Å². The van der Waals surface area contributed by atoms with Gasteiger partial charge in [0.15, 0.2) is 0 Å². The van der Waals surface area contributed by atoms with Crippen LogP contribution in [0.2, 0.25) is 0 Å². The van der Waals surface area contributed by atoms with E-state index in [1.54, 1.807) is 0 Å². The van der Waals surface area contributed by atoms with Crippen molar-refractivity contribution < 1.29 is 0 Å². The highest BCUT2D eigenvalue weighted by Crippen LogP contribution is 2.50. The highest BCUT2D eigenvalue weighted by Gasteiger charge is 2.26. The van der Waals surface area contributed by atoms with Crippen LogP contribution in [0.15, 0.2) is 564 Å². The summed E-state index contributed by atoms with van der Waals surface area (Å²) in [6.45, 7) is 0. The van der Waals surface area contributed by atoms with Crippen LogP contribution in [0.25, 0.3) is 179 Å². The molecule has 6 aromatic heterocycles. The number of para-hydroxylation sites is 6. The van der Waals surface area contributed by atoms with Crippen molar-refractivity contribution in [2.24, 2.45) is 0 Å². The predicted octanol–water partition coefficient (Wildman–Crippen LogP) is 40.0. The molecule has 698 valence electrons. The lowest BCUT2D eigenvalue weighted by molar-refractivity contribution is 1.18. The van der Waals surface area contributed by atoms with Gasteiger partial charge in [-0.1, -0.05) is 309 Å². The van der Waals surface area contributed by atoms with E-state index in [1.165, 1.54) is 112 Å². The van der Waals surface area contributed by atoms with Crippen molar-refractivity contribution in [2.75, 3.05) is 19.6 Å². The summed E-state index contributed by atoms with van der Waals surface area (Å²) in [5.74, 6) is 0. The Morgan fingerprint density at radius 2 is 0.270 bits per heavy atom. The van der Waals surface area contributed by atoms with Crippen molar-refractivity contribution >= 4 is 168 Å². The summed E-state index contributed by atoms with van der Waals surface area (Å²) >= 11 is 5.48. The number of rotatable bonds is 24. The van der Waals surface area contributed by atoms with Crippen LogP contribution in [0.3, 0.4) is 0 Å². The first-order chi connectivity index (χ1) is 73.3. The van der Waals surface area contributed by atoms with Crippen LogP contribution >= 0.6 is 34.0 Å². The molecule has 10 heteroatoms. The molecule has 0 aliphatic heterocycles. The number of fused-ring (bicyclic) bond motifs is 9. The van der Waals surface area contributed by atoms with Crippen LogP contribution in [-0.4, -0.2) is 13.7 Å². The molecule has 0 atom stereocenters. The number of anilines is 12. The van der Waals surface area contributed by atoms with Crippen LogP contribution in [0.1, 0.15) is 0 Å². The normalized spacial score (nSPS) is 11.5. The van der Waals surface area contributed by atoms with Crippen LogP contribution in [0, 0.1) is 0 Å². The van der Waals surface area contributed by atoms with E-state index in [9.17, 15) is 0 Å². The Bertz CT molecular complexity index is 8620. The van der Waals surface area contributed by atoms with Gasteiger partial charge < -0.3 is 33.3 Å². The molecule has 27 aromatic rings. The van der Waals surface area contributed by atoms with Crippen molar-refractivity contribution in [2.45, 2.75) is 0 Å². The van der Waals surface area contributed by atoms with E-state index in [4.69, 9.17) is 0 Å². The zero-order valence-corrected chi connectivity index (χ0v) is 83.0. The molecular formula is C138H93N7S3. The van der Waals surface area contributed by atoms with Gasteiger partial charge in [-0.15, -0.1) is 34.0 Å². The fourth-order valence-corrected chi connectivity index (χ4v) is 24.6. The zero-order valence-electron chi connectivity index (χ0n) is 80.5. The highest BCUT2D eigenvalue weighted by molar-refractivity contribution is 7.19. The molecule has 148 heavy (non-hydrogen) atoms. The summed E-state index contributed by atoms with van der Waals surface area (Å²) in [4.78, 5) is 17.0. The molecule has 0 aliphatic carbocycles. The van der Waals surface area contributed by atoms with Crippen molar-refractivity contribution in [3.63, 3.8) is 0 Å². The molecule has 0 aliphatic rings.